The Morgan fingerprint density at radius 1 is 0.821 bits per heavy atom. The summed E-state index contributed by atoms with van der Waals surface area (Å²) in [7, 11) is 0. The molecule has 39 heavy (non-hydrogen) atoms. The van der Waals surface area contributed by atoms with Gasteiger partial charge in [-0.2, -0.15) is 0 Å². The van der Waals surface area contributed by atoms with E-state index in [1.165, 1.54) is 4.90 Å². The second kappa shape index (κ2) is 12.8. The lowest BCUT2D eigenvalue weighted by molar-refractivity contribution is 0.101. The van der Waals surface area contributed by atoms with Crippen LogP contribution in [0.2, 0.25) is 5.02 Å². The van der Waals surface area contributed by atoms with Gasteiger partial charge in [0.25, 0.3) is 5.91 Å². The molecule has 2 aromatic carbocycles. The number of aryl methyl sites for hydroxylation is 1. The summed E-state index contributed by atoms with van der Waals surface area (Å²) in [4.78, 5) is 34.3. The van der Waals surface area contributed by atoms with E-state index in [1.807, 2.05) is 12.1 Å². The average Bonchev–Trinajstić information content (AvgIpc) is 3.37. The highest BCUT2D eigenvalue weighted by Crippen LogP contribution is 2.23. The van der Waals surface area contributed by atoms with Crippen molar-refractivity contribution in [2.24, 2.45) is 0 Å². The highest BCUT2D eigenvalue weighted by atomic mass is 35.5. The van der Waals surface area contributed by atoms with E-state index in [0.717, 1.165) is 0 Å². The maximum Gasteiger partial charge on any atom is 0.333 e. The molecule has 0 unspecified atom stereocenters. The Kier molecular flexibility index (Phi) is 8.83. The van der Waals surface area contributed by atoms with Crippen LogP contribution in [0, 0.1) is 6.92 Å². The van der Waals surface area contributed by atoms with Gasteiger partial charge >= 0.3 is 6.03 Å². The number of nitrogens with two attached hydrogens (primary N) is 1. The van der Waals surface area contributed by atoms with E-state index in [2.05, 4.69) is 25.8 Å². The molecule has 3 heterocycles. The largest absolute Gasteiger partial charge is 0.399 e. The summed E-state index contributed by atoms with van der Waals surface area (Å²) in [5, 5.41) is 9.64. The van der Waals surface area contributed by atoms with E-state index in [4.69, 9.17) is 21.9 Å². The number of aromatic nitrogens is 3. The Hall–Kier alpha value is -5.22. The van der Waals surface area contributed by atoms with Crippen LogP contribution in [0.3, 0.4) is 0 Å². The predicted octanol–water partition coefficient (Wildman–Crippen LogP) is 6.32. The Balaban J connectivity index is 0.000000193. The molecule has 0 radical (unpaired) electrons. The van der Waals surface area contributed by atoms with Gasteiger partial charge in [0.1, 0.15) is 17.4 Å². The normalized spacial score (nSPS) is 10.1. The van der Waals surface area contributed by atoms with Crippen molar-refractivity contribution < 1.29 is 14.1 Å². The fourth-order valence-corrected chi connectivity index (χ4v) is 3.52. The standard InChI is InChI=1S/C17H13ClN4O.C11H11N3O2/c18-13-6-5-7-14(12-13)21-17(23)22(15-8-1-3-10-19-15)16-9-2-4-11-20-16;1-7-5-10(14-16-7)11(15)13-9-4-2-3-8(12)6-9/h1-12H,(H,21,23);2-6H,12H2,1H3,(H,13,15). The van der Waals surface area contributed by atoms with Crippen LogP contribution in [-0.4, -0.2) is 27.1 Å². The third-order valence-electron chi connectivity index (χ3n) is 5.04. The van der Waals surface area contributed by atoms with Gasteiger partial charge in [0.2, 0.25) is 0 Å². The molecule has 196 valence electrons. The number of benzene rings is 2. The van der Waals surface area contributed by atoms with Crippen LogP contribution < -0.4 is 21.3 Å². The number of rotatable bonds is 5. The molecule has 0 aliphatic carbocycles. The van der Waals surface area contributed by atoms with E-state index in [1.54, 1.807) is 98.2 Å². The van der Waals surface area contributed by atoms with Gasteiger partial charge in [-0.05, 0) is 67.6 Å². The highest BCUT2D eigenvalue weighted by molar-refractivity contribution is 6.31. The van der Waals surface area contributed by atoms with Crippen molar-refractivity contribution in [3.63, 3.8) is 0 Å². The zero-order valence-corrected chi connectivity index (χ0v) is 21.5. The first kappa shape index (κ1) is 26.8. The van der Waals surface area contributed by atoms with Gasteiger partial charge in [0.05, 0.1) is 0 Å². The number of hydrogen-bond donors (Lipinski definition) is 3. The van der Waals surface area contributed by atoms with Crippen molar-refractivity contribution in [1.82, 2.24) is 15.1 Å². The van der Waals surface area contributed by atoms with E-state index < -0.39 is 0 Å². The molecular formula is C28H24ClN7O3. The fourth-order valence-electron chi connectivity index (χ4n) is 3.33. The van der Waals surface area contributed by atoms with Gasteiger partial charge < -0.3 is 20.9 Å². The van der Waals surface area contributed by atoms with E-state index in [0.29, 0.717) is 39.5 Å². The molecule has 3 amide bonds. The lowest BCUT2D eigenvalue weighted by Gasteiger charge is -2.21. The Morgan fingerprint density at radius 2 is 1.46 bits per heavy atom. The number of amides is 3. The van der Waals surface area contributed by atoms with Crippen LogP contribution in [0.1, 0.15) is 16.2 Å². The van der Waals surface area contributed by atoms with Gasteiger partial charge in [-0.25, -0.2) is 19.7 Å². The lowest BCUT2D eigenvalue weighted by atomic mass is 10.2. The van der Waals surface area contributed by atoms with Crippen LogP contribution in [0.25, 0.3) is 0 Å². The molecule has 5 rings (SSSR count). The maximum absolute atomic E-state index is 12.7. The smallest absolute Gasteiger partial charge is 0.333 e. The Morgan fingerprint density at radius 3 is 2.00 bits per heavy atom. The number of nitrogens with one attached hydrogen (secondary N) is 2. The Labute approximate surface area is 229 Å². The minimum absolute atomic E-state index is 0.250. The first-order chi connectivity index (χ1) is 18.9. The summed E-state index contributed by atoms with van der Waals surface area (Å²) in [6.07, 6.45) is 3.25. The van der Waals surface area contributed by atoms with Crippen LogP contribution >= 0.6 is 11.6 Å². The van der Waals surface area contributed by atoms with Crippen LogP contribution in [0.5, 0.6) is 0 Å². The number of nitrogen functional groups attached to an aromatic ring is 1. The molecule has 5 aromatic rings. The van der Waals surface area contributed by atoms with Crippen LogP contribution in [0.15, 0.2) is 108 Å². The number of halogens is 1. The number of hydrogen-bond acceptors (Lipinski definition) is 7. The third-order valence-corrected chi connectivity index (χ3v) is 5.28. The van der Waals surface area contributed by atoms with Crippen molar-refractivity contribution in [2.75, 3.05) is 21.3 Å². The second-order valence-corrected chi connectivity index (χ2v) is 8.49. The SMILES string of the molecule is Cc1cc(C(=O)Nc2cccc(N)c2)no1.O=C(Nc1cccc(Cl)c1)N(c1ccccn1)c1ccccn1. The number of pyridine rings is 2. The average molecular weight is 542 g/mol. The molecule has 0 atom stereocenters. The van der Waals surface area contributed by atoms with E-state index in [9.17, 15) is 9.59 Å². The minimum Gasteiger partial charge on any atom is -0.399 e. The van der Waals surface area contributed by atoms with Crippen molar-refractivity contribution in [3.8, 4) is 0 Å². The molecule has 0 fully saturated rings. The molecule has 0 saturated heterocycles. The van der Waals surface area contributed by atoms with Crippen molar-refractivity contribution in [1.29, 1.82) is 0 Å². The molecular weight excluding hydrogens is 518 g/mol. The van der Waals surface area contributed by atoms with Crippen molar-refractivity contribution in [3.05, 3.63) is 120 Å². The Bertz CT molecular complexity index is 1510. The van der Waals surface area contributed by atoms with Crippen LogP contribution in [-0.2, 0) is 0 Å². The maximum atomic E-state index is 12.7. The first-order valence-electron chi connectivity index (χ1n) is 11.7. The summed E-state index contributed by atoms with van der Waals surface area (Å²) < 4.78 is 4.81. The van der Waals surface area contributed by atoms with Crippen LogP contribution in [0.4, 0.5) is 33.5 Å². The summed E-state index contributed by atoms with van der Waals surface area (Å²) >= 11 is 5.95. The molecule has 3 aromatic heterocycles. The second-order valence-electron chi connectivity index (χ2n) is 8.05. The van der Waals surface area contributed by atoms with Gasteiger partial charge in [-0.3, -0.25) is 4.79 Å². The number of carbonyl (C=O) groups excluding carboxylic acids is 2. The third kappa shape index (κ3) is 7.63. The van der Waals surface area contributed by atoms with E-state index in [-0.39, 0.29) is 17.6 Å². The quantitative estimate of drug-likeness (QED) is 0.221. The summed E-state index contributed by atoms with van der Waals surface area (Å²) in [5.74, 6) is 1.23. The van der Waals surface area contributed by atoms with Gasteiger partial charge in [0, 0.05) is 40.5 Å². The van der Waals surface area contributed by atoms with Gasteiger partial charge in [-0.15, -0.1) is 0 Å². The highest BCUT2D eigenvalue weighted by Gasteiger charge is 2.20. The summed E-state index contributed by atoms with van der Waals surface area (Å²) in [5.41, 5.74) is 7.66. The van der Waals surface area contributed by atoms with Crippen molar-refractivity contribution >= 4 is 52.2 Å². The zero-order valence-electron chi connectivity index (χ0n) is 20.8. The van der Waals surface area contributed by atoms with Crippen molar-refractivity contribution in [2.45, 2.75) is 6.92 Å². The van der Waals surface area contributed by atoms with Gasteiger partial charge in [0.15, 0.2) is 5.69 Å². The minimum atomic E-state index is -0.371. The van der Waals surface area contributed by atoms with E-state index >= 15 is 0 Å². The predicted molar refractivity (Wildman–Crippen MR) is 151 cm³/mol. The lowest BCUT2D eigenvalue weighted by Crippen LogP contribution is -2.32. The molecule has 0 bridgehead atoms. The summed E-state index contributed by atoms with van der Waals surface area (Å²) in [6.45, 7) is 1.73. The fraction of sp³-hybridized carbons (Fsp3) is 0.0357. The summed E-state index contributed by atoms with van der Waals surface area (Å²) in [6, 6.07) is 25.8. The number of carbonyl (C=O) groups is 2. The number of urea groups is 1. The topological polar surface area (TPSA) is 139 Å². The first-order valence-corrected chi connectivity index (χ1v) is 12.1. The molecule has 11 heteroatoms. The molecule has 0 aliphatic heterocycles. The molecule has 4 N–H and O–H groups in total. The molecule has 0 saturated carbocycles. The number of anilines is 5. The number of nitrogens with zero attached hydrogens (tertiary/aromatic N) is 4. The zero-order chi connectivity index (χ0) is 27.6. The monoisotopic (exact) mass is 541 g/mol. The molecule has 0 spiro atoms. The molecule has 10 nitrogen and oxygen atoms in total. The van der Waals surface area contributed by atoms with Gasteiger partial charge in [-0.1, -0.05) is 41.0 Å². The molecule has 0 aliphatic rings.